The highest BCUT2D eigenvalue weighted by molar-refractivity contribution is 7.15. The molecule has 1 saturated heterocycles. The lowest BCUT2D eigenvalue weighted by Crippen LogP contribution is -2.45. The molecule has 4 rings (SSSR count). The molecule has 0 aliphatic carbocycles. The van der Waals surface area contributed by atoms with E-state index in [1.165, 1.54) is 17.0 Å². The van der Waals surface area contributed by atoms with Crippen LogP contribution in [0, 0.1) is 5.82 Å². The number of anilines is 3. The lowest BCUT2D eigenvalue weighted by molar-refractivity contribution is 0.311. The van der Waals surface area contributed by atoms with Crippen molar-refractivity contribution in [2.24, 2.45) is 0 Å². The van der Waals surface area contributed by atoms with E-state index in [4.69, 9.17) is 0 Å². The van der Waals surface area contributed by atoms with Crippen molar-refractivity contribution in [3.63, 3.8) is 0 Å². The van der Waals surface area contributed by atoms with Crippen LogP contribution in [0.4, 0.5) is 21.4 Å². The van der Waals surface area contributed by atoms with Gasteiger partial charge in [0.2, 0.25) is 11.9 Å². The smallest absolute Gasteiger partial charge is 0.234 e. The highest BCUT2D eigenvalue weighted by Crippen LogP contribution is 2.27. The van der Waals surface area contributed by atoms with Gasteiger partial charge in [-0.05, 0) is 36.7 Å². The maximum absolute atomic E-state index is 13.5. The first kappa shape index (κ1) is 21.3. The Bertz CT molecular complexity index is 1060. The molecule has 0 atom stereocenters. The SMILES string of the molecule is CC(C)c1cnc(Nc2nc(/C=C/c3cccc(F)c3)nc(N3CCN(C)CC3)n2)s1. The van der Waals surface area contributed by atoms with E-state index in [1.54, 1.807) is 29.6 Å². The lowest BCUT2D eigenvalue weighted by Gasteiger charge is -2.32. The van der Waals surface area contributed by atoms with Crippen LogP contribution in [0.2, 0.25) is 0 Å². The molecule has 3 heterocycles. The van der Waals surface area contributed by atoms with Gasteiger partial charge in [-0.2, -0.15) is 15.0 Å². The van der Waals surface area contributed by atoms with E-state index in [9.17, 15) is 4.39 Å². The molecule has 0 unspecified atom stereocenters. The summed E-state index contributed by atoms with van der Waals surface area (Å²) in [5.74, 6) is 1.73. The van der Waals surface area contributed by atoms with E-state index >= 15 is 0 Å². The van der Waals surface area contributed by atoms with Crippen LogP contribution in [0.1, 0.15) is 36.0 Å². The van der Waals surface area contributed by atoms with Crippen LogP contribution in [-0.4, -0.2) is 58.1 Å². The van der Waals surface area contributed by atoms with Gasteiger partial charge >= 0.3 is 0 Å². The van der Waals surface area contributed by atoms with Crippen molar-refractivity contribution in [2.45, 2.75) is 19.8 Å². The summed E-state index contributed by atoms with van der Waals surface area (Å²) >= 11 is 1.59. The molecule has 2 aromatic heterocycles. The Morgan fingerprint density at radius 3 is 2.61 bits per heavy atom. The molecule has 1 aromatic carbocycles. The van der Waals surface area contributed by atoms with E-state index in [2.05, 4.69) is 55.9 Å². The van der Waals surface area contributed by atoms with Crippen LogP contribution in [0.5, 0.6) is 0 Å². The number of halogens is 1. The third-order valence-electron chi connectivity index (χ3n) is 5.01. The number of nitrogens with one attached hydrogen (secondary N) is 1. The molecule has 0 saturated carbocycles. The fourth-order valence-electron chi connectivity index (χ4n) is 3.15. The van der Waals surface area contributed by atoms with Crippen molar-refractivity contribution >= 4 is 40.5 Å². The van der Waals surface area contributed by atoms with Gasteiger partial charge in [0.05, 0.1) is 0 Å². The number of thiazole rings is 1. The van der Waals surface area contributed by atoms with Gasteiger partial charge in [-0.1, -0.05) is 32.1 Å². The molecular weight excluding hydrogens is 413 g/mol. The first-order valence-electron chi connectivity index (χ1n) is 10.3. The molecular formula is C22H26FN7S. The van der Waals surface area contributed by atoms with E-state index < -0.39 is 0 Å². The van der Waals surface area contributed by atoms with Gasteiger partial charge in [0, 0.05) is 37.3 Å². The molecule has 9 heteroatoms. The number of nitrogens with zero attached hydrogens (tertiary/aromatic N) is 6. The van der Waals surface area contributed by atoms with E-state index in [1.807, 2.05) is 12.3 Å². The number of likely N-dealkylation sites (N-methyl/N-ethyl adjacent to an activating group) is 1. The first-order valence-corrected chi connectivity index (χ1v) is 11.1. The third kappa shape index (κ3) is 5.62. The maximum Gasteiger partial charge on any atom is 0.234 e. The molecule has 1 aliphatic heterocycles. The topological polar surface area (TPSA) is 70.1 Å². The normalized spacial score (nSPS) is 15.2. The summed E-state index contributed by atoms with van der Waals surface area (Å²) in [6.45, 7) is 7.88. The Morgan fingerprint density at radius 2 is 1.90 bits per heavy atom. The molecule has 3 aromatic rings. The van der Waals surface area contributed by atoms with Crippen molar-refractivity contribution in [1.29, 1.82) is 0 Å². The molecule has 0 radical (unpaired) electrons. The summed E-state index contributed by atoms with van der Waals surface area (Å²) in [4.78, 5) is 23.9. The number of rotatable bonds is 6. The van der Waals surface area contributed by atoms with Crippen LogP contribution in [0.15, 0.2) is 30.5 Å². The van der Waals surface area contributed by atoms with Crippen LogP contribution >= 0.6 is 11.3 Å². The standard InChI is InChI=1S/C22H26FN7S/c1-15(2)18-14-24-22(31-18)28-20-25-19(8-7-16-5-4-6-17(23)13-16)26-21(27-20)30-11-9-29(3)10-12-30/h4-8,13-15H,9-12H2,1-3H3,(H,24,25,26,27,28)/b8-7+. The quantitative estimate of drug-likeness (QED) is 0.615. The fraction of sp³-hybridized carbons (Fsp3) is 0.364. The van der Waals surface area contributed by atoms with Gasteiger partial charge in [0.1, 0.15) is 5.82 Å². The second-order valence-electron chi connectivity index (χ2n) is 7.84. The Labute approximate surface area is 185 Å². The predicted octanol–water partition coefficient (Wildman–Crippen LogP) is 4.26. The zero-order valence-electron chi connectivity index (χ0n) is 17.9. The average molecular weight is 440 g/mol. The molecule has 1 aliphatic rings. The maximum atomic E-state index is 13.5. The van der Waals surface area contributed by atoms with Crippen molar-refractivity contribution in [2.75, 3.05) is 43.4 Å². The van der Waals surface area contributed by atoms with E-state index in [0.717, 1.165) is 36.9 Å². The summed E-state index contributed by atoms with van der Waals surface area (Å²) in [6, 6.07) is 6.42. The molecule has 0 bridgehead atoms. The minimum absolute atomic E-state index is 0.275. The second-order valence-corrected chi connectivity index (χ2v) is 8.91. The van der Waals surface area contributed by atoms with Gasteiger partial charge in [0.15, 0.2) is 11.0 Å². The van der Waals surface area contributed by atoms with Crippen molar-refractivity contribution < 1.29 is 4.39 Å². The minimum atomic E-state index is -0.275. The Balaban J connectivity index is 1.62. The number of hydrogen-bond donors (Lipinski definition) is 1. The Morgan fingerprint density at radius 1 is 1.10 bits per heavy atom. The summed E-state index contributed by atoms with van der Waals surface area (Å²) in [7, 11) is 2.11. The van der Waals surface area contributed by atoms with Gasteiger partial charge in [-0.15, -0.1) is 11.3 Å². The Hall–Kier alpha value is -2.91. The van der Waals surface area contributed by atoms with E-state index in [-0.39, 0.29) is 5.82 Å². The summed E-state index contributed by atoms with van der Waals surface area (Å²) in [6.07, 6.45) is 5.46. The van der Waals surface area contributed by atoms with Crippen LogP contribution < -0.4 is 10.2 Å². The number of benzene rings is 1. The molecule has 1 N–H and O–H groups in total. The van der Waals surface area contributed by atoms with Gasteiger partial charge in [-0.3, -0.25) is 5.32 Å². The summed E-state index contributed by atoms with van der Waals surface area (Å²) < 4.78 is 13.5. The fourth-order valence-corrected chi connectivity index (χ4v) is 3.96. The zero-order chi connectivity index (χ0) is 21.8. The van der Waals surface area contributed by atoms with Crippen LogP contribution in [0.3, 0.4) is 0 Å². The highest BCUT2D eigenvalue weighted by Gasteiger charge is 2.18. The summed E-state index contributed by atoms with van der Waals surface area (Å²) in [5.41, 5.74) is 0.748. The molecule has 0 amide bonds. The zero-order valence-corrected chi connectivity index (χ0v) is 18.7. The van der Waals surface area contributed by atoms with Crippen molar-refractivity contribution in [3.05, 3.63) is 52.5 Å². The first-order chi connectivity index (χ1) is 15.0. The van der Waals surface area contributed by atoms with Gasteiger partial charge in [0.25, 0.3) is 0 Å². The molecule has 162 valence electrons. The van der Waals surface area contributed by atoms with E-state index in [0.29, 0.717) is 23.6 Å². The molecule has 7 nitrogen and oxygen atoms in total. The summed E-state index contributed by atoms with van der Waals surface area (Å²) in [5, 5.41) is 3.98. The Kier molecular flexibility index (Phi) is 6.53. The molecule has 1 fully saturated rings. The minimum Gasteiger partial charge on any atom is -0.338 e. The average Bonchev–Trinajstić information content (AvgIpc) is 3.21. The monoisotopic (exact) mass is 439 g/mol. The highest BCUT2D eigenvalue weighted by atomic mass is 32.1. The number of piperazine rings is 1. The number of aromatic nitrogens is 4. The largest absolute Gasteiger partial charge is 0.338 e. The van der Waals surface area contributed by atoms with Crippen LogP contribution in [-0.2, 0) is 0 Å². The van der Waals surface area contributed by atoms with Gasteiger partial charge in [-0.25, -0.2) is 9.37 Å². The third-order valence-corrected chi connectivity index (χ3v) is 6.23. The van der Waals surface area contributed by atoms with Gasteiger partial charge < -0.3 is 9.80 Å². The van der Waals surface area contributed by atoms with Crippen molar-refractivity contribution in [3.8, 4) is 0 Å². The van der Waals surface area contributed by atoms with Crippen molar-refractivity contribution in [1.82, 2.24) is 24.8 Å². The molecule has 0 spiro atoms. The predicted molar refractivity (Wildman–Crippen MR) is 124 cm³/mol. The number of hydrogen-bond acceptors (Lipinski definition) is 8. The lowest BCUT2D eigenvalue weighted by atomic mass is 10.2. The van der Waals surface area contributed by atoms with Crippen LogP contribution in [0.25, 0.3) is 12.2 Å². The second kappa shape index (κ2) is 9.49. The molecule has 31 heavy (non-hydrogen) atoms.